The van der Waals surface area contributed by atoms with E-state index in [0.717, 1.165) is 0 Å². The van der Waals surface area contributed by atoms with E-state index in [0.29, 0.717) is 25.5 Å². The first-order chi connectivity index (χ1) is 7.93. The first kappa shape index (κ1) is 13.9. The number of hydrogen-bond acceptors (Lipinski definition) is 4. The van der Waals surface area contributed by atoms with Crippen LogP contribution in [0.4, 0.5) is 0 Å². The zero-order valence-electron chi connectivity index (χ0n) is 10.3. The number of rotatable bonds is 4. The number of nitrogens with two attached hydrogens (primary N) is 1. The lowest BCUT2D eigenvalue weighted by molar-refractivity contribution is -0.159. The number of nitrogens with zero attached hydrogens (tertiary/aromatic N) is 1. The molecule has 6 heteroatoms. The minimum atomic E-state index is -1.05. The molecule has 0 spiro atoms. The van der Waals surface area contributed by atoms with Crippen molar-refractivity contribution in [2.45, 2.75) is 32.4 Å². The normalized spacial score (nSPS) is 22.6. The Labute approximate surface area is 101 Å². The Bertz CT molecular complexity index is 293. The van der Waals surface area contributed by atoms with Crippen LogP contribution in [-0.2, 0) is 14.3 Å². The molecular weight excluding hydrogens is 224 g/mol. The molecule has 98 valence electrons. The van der Waals surface area contributed by atoms with Gasteiger partial charge in [-0.05, 0) is 12.3 Å². The quantitative estimate of drug-likeness (QED) is 0.706. The largest absolute Gasteiger partial charge is 0.480 e. The molecule has 1 heterocycles. The van der Waals surface area contributed by atoms with Crippen molar-refractivity contribution in [1.29, 1.82) is 0 Å². The zero-order valence-corrected chi connectivity index (χ0v) is 10.3. The smallest absolute Gasteiger partial charge is 0.328 e. The maximum Gasteiger partial charge on any atom is 0.328 e. The van der Waals surface area contributed by atoms with E-state index >= 15 is 0 Å². The molecule has 6 nitrogen and oxygen atoms in total. The van der Waals surface area contributed by atoms with Gasteiger partial charge in [0.15, 0.2) is 6.04 Å². The summed E-state index contributed by atoms with van der Waals surface area (Å²) in [6.07, 6.45) is 0.558. The highest BCUT2D eigenvalue weighted by Crippen LogP contribution is 2.12. The van der Waals surface area contributed by atoms with E-state index in [2.05, 4.69) is 0 Å². The Kier molecular flexibility index (Phi) is 4.89. The zero-order chi connectivity index (χ0) is 13.0. The second-order valence-corrected chi connectivity index (χ2v) is 4.70. The topological polar surface area (TPSA) is 92.9 Å². The van der Waals surface area contributed by atoms with Gasteiger partial charge in [0.1, 0.15) is 0 Å². The summed E-state index contributed by atoms with van der Waals surface area (Å²) in [5.41, 5.74) is 5.79. The minimum Gasteiger partial charge on any atom is -0.480 e. The number of ether oxygens (including phenoxy) is 1. The summed E-state index contributed by atoms with van der Waals surface area (Å²) < 4.78 is 5.07. The van der Waals surface area contributed by atoms with Crippen molar-refractivity contribution in [2.24, 2.45) is 11.7 Å². The highest BCUT2D eigenvalue weighted by Gasteiger charge is 2.34. The van der Waals surface area contributed by atoms with Crippen LogP contribution in [0.1, 0.15) is 20.3 Å². The summed E-state index contributed by atoms with van der Waals surface area (Å²) in [4.78, 5) is 24.3. The summed E-state index contributed by atoms with van der Waals surface area (Å²) in [5.74, 6) is -1.04. The predicted octanol–water partition coefficient (Wildman–Crippen LogP) is -0.328. The van der Waals surface area contributed by atoms with Gasteiger partial charge >= 0.3 is 5.97 Å². The number of amides is 1. The molecule has 1 aliphatic rings. The predicted molar refractivity (Wildman–Crippen MR) is 61.4 cm³/mol. The summed E-state index contributed by atoms with van der Waals surface area (Å²) in [5, 5.41) is 9.01. The molecule has 0 aromatic carbocycles. The van der Waals surface area contributed by atoms with Gasteiger partial charge < -0.3 is 20.5 Å². The number of carbonyl (C=O) groups excluding carboxylic acids is 1. The Morgan fingerprint density at radius 1 is 1.53 bits per heavy atom. The van der Waals surface area contributed by atoms with Gasteiger partial charge in [-0.3, -0.25) is 4.79 Å². The lowest BCUT2D eigenvalue weighted by Gasteiger charge is -2.34. The fourth-order valence-electron chi connectivity index (χ4n) is 1.89. The van der Waals surface area contributed by atoms with Crippen LogP contribution < -0.4 is 5.73 Å². The van der Waals surface area contributed by atoms with Crippen LogP contribution in [0.3, 0.4) is 0 Å². The van der Waals surface area contributed by atoms with Crippen LogP contribution in [0, 0.1) is 5.92 Å². The average molecular weight is 244 g/mol. The fourth-order valence-corrected chi connectivity index (χ4v) is 1.89. The molecule has 0 aliphatic carbocycles. The third kappa shape index (κ3) is 3.67. The van der Waals surface area contributed by atoms with Crippen LogP contribution in [0.5, 0.6) is 0 Å². The van der Waals surface area contributed by atoms with Crippen LogP contribution in [0.15, 0.2) is 0 Å². The van der Waals surface area contributed by atoms with Gasteiger partial charge in [-0.2, -0.15) is 0 Å². The summed E-state index contributed by atoms with van der Waals surface area (Å²) in [7, 11) is 0. The third-order valence-electron chi connectivity index (χ3n) is 2.74. The van der Waals surface area contributed by atoms with Gasteiger partial charge in [-0.25, -0.2) is 4.79 Å². The number of carboxylic acid groups (broad SMARTS) is 1. The second-order valence-electron chi connectivity index (χ2n) is 4.70. The van der Waals surface area contributed by atoms with E-state index in [-0.39, 0.29) is 12.5 Å². The third-order valence-corrected chi connectivity index (χ3v) is 2.74. The van der Waals surface area contributed by atoms with E-state index in [1.54, 1.807) is 0 Å². The molecule has 1 aliphatic heterocycles. The molecule has 2 atom stereocenters. The number of aliphatic carboxylic acids is 1. The Morgan fingerprint density at radius 2 is 2.18 bits per heavy atom. The van der Waals surface area contributed by atoms with Gasteiger partial charge in [-0.1, -0.05) is 13.8 Å². The molecule has 3 N–H and O–H groups in total. The van der Waals surface area contributed by atoms with Crippen molar-refractivity contribution in [3.8, 4) is 0 Å². The van der Waals surface area contributed by atoms with E-state index in [9.17, 15) is 9.59 Å². The Balaban J connectivity index is 2.67. The van der Waals surface area contributed by atoms with Crippen LogP contribution in [0.2, 0.25) is 0 Å². The maximum atomic E-state index is 12.0. The van der Waals surface area contributed by atoms with Crippen molar-refractivity contribution in [1.82, 2.24) is 4.90 Å². The van der Waals surface area contributed by atoms with Gasteiger partial charge in [0.25, 0.3) is 0 Å². The van der Waals surface area contributed by atoms with Gasteiger partial charge in [0, 0.05) is 6.54 Å². The molecule has 0 saturated carbocycles. The van der Waals surface area contributed by atoms with Crippen molar-refractivity contribution < 1.29 is 19.4 Å². The lowest BCUT2D eigenvalue weighted by atomic mass is 10.0. The molecule has 2 unspecified atom stereocenters. The molecule has 1 amide bonds. The van der Waals surface area contributed by atoms with Crippen molar-refractivity contribution in [2.75, 3.05) is 19.8 Å². The van der Waals surface area contributed by atoms with E-state index in [1.807, 2.05) is 13.8 Å². The van der Waals surface area contributed by atoms with Crippen LogP contribution >= 0.6 is 0 Å². The number of carbonyl (C=O) groups is 2. The van der Waals surface area contributed by atoms with Crippen molar-refractivity contribution >= 4 is 11.9 Å². The fraction of sp³-hybridized carbons (Fsp3) is 0.818. The molecule has 1 saturated heterocycles. The first-order valence-electron chi connectivity index (χ1n) is 5.80. The van der Waals surface area contributed by atoms with Crippen LogP contribution in [-0.4, -0.2) is 53.7 Å². The lowest BCUT2D eigenvalue weighted by Crippen LogP contribution is -2.57. The highest BCUT2D eigenvalue weighted by atomic mass is 16.5. The summed E-state index contributed by atoms with van der Waals surface area (Å²) >= 11 is 0. The van der Waals surface area contributed by atoms with E-state index in [4.69, 9.17) is 15.6 Å². The van der Waals surface area contributed by atoms with Crippen molar-refractivity contribution in [3.05, 3.63) is 0 Å². The minimum absolute atomic E-state index is 0.0372. The van der Waals surface area contributed by atoms with Gasteiger partial charge in [0.05, 0.1) is 19.3 Å². The molecule has 1 rings (SSSR count). The summed E-state index contributed by atoms with van der Waals surface area (Å²) in [6, 6.07) is -1.54. The Morgan fingerprint density at radius 3 is 2.71 bits per heavy atom. The second kappa shape index (κ2) is 5.97. The molecular formula is C11H20N2O4. The molecule has 0 aromatic heterocycles. The van der Waals surface area contributed by atoms with Crippen LogP contribution in [0.25, 0.3) is 0 Å². The van der Waals surface area contributed by atoms with Crippen molar-refractivity contribution in [3.63, 3.8) is 0 Å². The van der Waals surface area contributed by atoms with Gasteiger partial charge in [0.2, 0.25) is 5.91 Å². The van der Waals surface area contributed by atoms with E-state index in [1.165, 1.54) is 4.90 Å². The maximum absolute atomic E-state index is 12.0. The van der Waals surface area contributed by atoms with Gasteiger partial charge in [-0.15, -0.1) is 0 Å². The highest BCUT2D eigenvalue weighted by molar-refractivity contribution is 5.87. The number of morpholine rings is 1. The average Bonchev–Trinajstić information content (AvgIpc) is 2.27. The van der Waals surface area contributed by atoms with E-state index < -0.39 is 18.1 Å². The SMILES string of the molecule is CC(C)CC(N)C(=O)N1CCOCC1C(=O)O. The monoisotopic (exact) mass is 244 g/mol. The molecule has 0 aromatic rings. The number of carboxylic acids is 1. The standard InChI is InChI=1S/C11H20N2O4/c1-7(2)5-8(12)10(14)13-3-4-17-6-9(13)11(15)16/h7-9H,3-6,12H2,1-2H3,(H,15,16). The molecule has 0 bridgehead atoms. The molecule has 0 radical (unpaired) electrons. The first-order valence-corrected chi connectivity index (χ1v) is 5.80. The Hall–Kier alpha value is -1.14. The summed E-state index contributed by atoms with van der Waals surface area (Å²) in [6.45, 7) is 4.64. The number of hydrogen-bond donors (Lipinski definition) is 2. The molecule has 1 fully saturated rings. The molecule has 17 heavy (non-hydrogen) atoms.